The summed E-state index contributed by atoms with van der Waals surface area (Å²) in [6.07, 6.45) is 4.60. The van der Waals surface area contributed by atoms with E-state index in [2.05, 4.69) is 16.7 Å². The Bertz CT molecular complexity index is 355. The molecule has 0 bridgehead atoms. The van der Waals surface area contributed by atoms with Crippen molar-refractivity contribution < 1.29 is 13.5 Å². The second kappa shape index (κ2) is 7.79. The van der Waals surface area contributed by atoms with Crippen LogP contribution in [0, 0.1) is 0 Å². The zero-order chi connectivity index (χ0) is 13.4. The van der Waals surface area contributed by atoms with E-state index in [4.69, 9.17) is 5.84 Å². The first kappa shape index (κ1) is 14.6. The average molecular weight is 256 g/mol. The van der Waals surface area contributed by atoms with Crippen LogP contribution in [0.4, 0.5) is 8.78 Å². The standard InChI is InChI=1S/C13H18F2N2O/c1-2-3-4-5-12(17-16)10-6-8-11(9-7-10)18-13(14)15/h2,6-9,12-13,17H,1,3-5,16H2. The van der Waals surface area contributed by atoms with E-state index in [0.29, 0.717) is 0 Å². The molecule has 1 aromatic carbocycles. The van der Waals surface area contributed by atoms with Gasteiger partial charge in [0.15, 0.2) is 0 Å². The lowest BCUT2D eigenvalue weighted by Crippen LogP contribution is -2.27. The third kappa shape index (κ3) is 4.81. The van der Waals surface area contributed by atoms with Crippen LogP contribution >= 0.6 is 0 Å². The summed E-state index contributed by atoms with van der Waals surface area (Å²) >= 11 is 0. The van der Waals surface area contributed by atoms with Crippen molar-refractivity contribution in [2.24, 2.45) is 5.84 Å². The molecule has 0 amide bonds. The van der Waals surface area contributed by atoms with Gasteiger partial charge in [0.25, 0.3) is 0 Å². The molecule has 1 aromatic rings. The fraction of sp³-hybridized carbons (Fsp3) is 0.385. The maximum absolute atomic E-state index is 12.0. The molecule has 18 heavy (non-hydrogen) atoms. The van der Waals surface area contributed by atoms with Crippen LogP contribution in [0.15, 0.2) is 36.9 Å². The predicted molar refractivity (Wildman–Crippen MR) is 67.2 cm³/mol. The van der Waals surface area contributed by atoms with Gasteiger partial charge in [-0.2, -0.15) is 8.78 Å². The van der Waals surface area contributed by atoms with Crippen molar-refractivity contribution in [1.82, 2.24) is 5.43 Å². The molecule has 1 atom stereocenters. The number of alkyl halides is 2. The summed E-state index contributed by atoms with van der Waals surface area (Å²) in [7, 11) is 0. The van der Waals surface area contributed by atoms with Crippen LogP contribution in [-0.4, -0.2) is 6.61 Å². The number of ether oxygens (including phenoxy) is 1. The lowest BCUT2D eigenvalue weighted by Gasteiger charge is -2.16. The summed E-state index contributed by atoms with van der Waals surface area (Å²) in [4.78, 5) is 0. The average Bonchev–Trinajstić information content (AvgIpc) is 2.35. The normalized spacial score (nSPS) is 12.4. The van der Waals surface area contributed by atoms with E-state index in [1.807, 2.05) is 6.08 Å². The highest BCUT2D eigenvalue weighted by atomic mass is 19.3. The van der Waals surface area contributed by atoms with Crippen molar-refractivity contribution in [2.75, 3.05) is 0 Å². The number of hydrazine groups is 1. The molecule has 5 heteroatoms. The van der Waals surface area contributed by atoms with E-state index >= 15 is 0 Å². The number of nitrogens with one attached hydrogen (secondary N) is 1. The van der Waals surface area contributed by atoms with Gasteiger partial charge in [0.1, 0.15) is 5.75 Å². The number of halogens is 2. The molecule has 0 aromatic heterocycles. The third-order valence-corrected chi connectivity index (χ3v) is 2.61. The quantitative estimate of drug-likeness (QED) is 0.325. The van der Waals surface area contributed by atoms with E-state index in [0.717, 1.165) is 24.8 Å². The van der Waals surface area contributed by atoms with Crippen molar-refractivity contribution in [3.63, 3.8) is 0 Å². The summed E-state index contributed by atoms with van der Waals surface area (Å²) in [5.41, 5.74) is 3.66. The van der Waals surface area contributed by atoms with E-state index in [9.17, 15) is 8.78 Å². The van der Waals surface area contributed by atoms with Crippen LogP contribution in [0.5, 0.6) is 5.75 Å². The van der Waals surface area contributed by atoms with Crippen LogP contribution in [0.25, 0.3) is 0 Å². The second-order valence-electron chi connectivity index (χ2n) is 3.89. The Morgan fingerprint density at radius 3 is 2.50 bits per heavy atom. The molecule has 1 rings (SSSR count). The first-order valence-corrected chi connectivity index (χ1v) is 5.79. The summed E-state index contributed by atoms with van der Waals surface area (Å²) in [5.74, 6) is 5.63. The predicted octanol–water partition coefficient (Wildman–Crippen LogP) is 3.15. The van der Waals surface area contributed by atoms with Gasteiger partial charge >= 0.3 is 6.61 Å². The van der Waals surface area contributed by atoms with Crippen LogP contribution < -0.4 is 16.0 Å². The van der Waals surface area contributed by atoms with E-state index < -0.39 is 6.61 Å². The minimum atomic E-state index is -2.80. The molecule has 0 saturated carbocycles. The SMILES string of the molecule is C=CCCCC(NN)c1ccc(OC(F)F)cc1. The minimum absolute atomic E-state index is 0.00514. The van der Waals surface area contributed by atoms with Gasteiger partial charge in [-0.15, -0.1) is 6.58 Å². The van der Waals surface area contributed by atoms with Crippen molar-refractivity contribution in [3.05, 3.63) is 42.5 Å². The first-order valence-electron chi connectivity index (χ1n) is 5.79. The highest BCUT2D eigenvalue weighted by Gasteiger charge is 2.10. The number of benzene rings is 1. The van der Waals surface area contributed by atoms with E-state index in [-0.39, 0.29) is 11.8 Å². The van der Waals surface area contributed by atoms with Crippen molar-refractivity contribution in [1.29, 1.82) is 0 Å². The summed E-state index contributed by atoms with van der Waals surface area (Å²) in [6, 6.07) is 6.50. The van der Waals surface area contributed by atoms with Crippen LogP contribution in [-0.2, 0) is 0 Å². The number of rotatable bonds is 8. The molecule has 1 unspecified atom stereocenters. The molecule has 0 saturated heterocycles. The molecule has 0 aliphatic carbocycles. The Kier molecular flexibility index (Phi) is 6.32. The number of unbranched alkanes of at least 4 members (excludes halogenated alkanes) is 1. The lowest BCUT2D eigenvalue weighted by molar-refractivity contribution is -0.0498. The van der Waals surface area contributed by atoms with Gasteiger partial charge in [-0.05, 0) is 37.0 Å². The number of hydrogen-bond acceptors (Lipinski definition) is 3. The van der Waals surface area contributed by atoms with Gasteiger partial charge in [-0.25, -0.2) is 0 Å². The minimum Gasteiger partial charge on any atom is -0.435 e. The molecule has 0 heterocycles. The molecule has 0 aliphatic heterocycles. The molecule has 0 aliphatic rings. The number of hydrogen-bond donors (Lipinski definition) is 2. The van der Waals surface area contributed by atoms with E-state index in [1.165, 1.54) is 12.1 Å². The largest absolute Gasteiger partial charge is 0.435 e. The van der Waals surface area contributed by atoms with Crippen molar-refractivity contribution in [2.45, 2.75) is 31.9 Å². The summed E-state index contributed by atoms with van der Waals surface area (Å²) < 4.78 is 28.3. The summed E-state index contributed by atoms with van der Waals surface area (Å²) in [5, 5.41) is 0. The molecule has 0 radical (unpaired) electrons. The summed E-state index contributed by atoms with van der Waals surface area (Å²) in [6.45, 7) is 0.857. The third-order valence-electron chi connectivity index (χ3n) is 2.61. The van der Waals surface area contributed by atoms with Gasteiger partial charge in [-0.3, -0.25) is 11.3 Å². The van der Waals surface area contributed by atoms with Gasteiger partial charge < -0.3 is 4.74 Å². The smallest absolute Gasteiger partial charge is 0.387 e. The lowest BCUT2D eigenvalue weighted by atomic mass is 10.0. The Hall–Kier alpha value is -1.46. The zero-order valence-corrected chi connectivity index (χ0v) is 10.1. The maximum Gasteiger partial charge on any atom is 0.387 e. The molecule has 3 N–H and O–H groups in total. The second-order valence-corrected chi connectivity index (χ2v) is 3.89. The zero-order valence-electron chi connectivity index (χ0n) is 10.1. The van der Waals surface area contributed by atoms with Crippen LogP contribution in [0.2, 0.25) is 0 Å². The van der Waals surface area contributed by atoms with Crippen LogP contribution in [0.1, 0.15) is 30.9 Å². The number of nitrogens with two attached hydrogens (primary N) is 1. The van der Waals surface area contributed by atoms with Crippen molar-refractivity contribution in [3.8, 4) is 5.75 Å². The van der Waals surface area contributed by atoms with Crippen molar-refractivity contribution >= 4 is 0 Å². The van der Waals surface area contributed by atoms with E-state index in [1.54, 1.807) is 12.1 Å². The van der Waals surface area contributed by atoms with Crippen LogP contribution in [0.3, 0.4) is 0 Å². The molecule has 3 nitrogen and oxygen atoms in total. The monoisotopic (exact) mass is 256 g/mol. The Balaban J connectivity index is 2.60. The maximum atomic E-state index is 12.0. The first-order chi connectivity index (χ1) is 8.67. The molecular weight excluding hydrogens is 238 g/mol. The highest BCUT2D eigenvalue weighted by Crippen LogP contribution is 2.22. The Morgan fingerprint density at radius 1 is 1.33 bits per heavy atom. The number of allylic oxidation sites excluding steroid dienone is 1. The van der Waals surface area contributed by atoms with Gasteiger partial charge in [0.05, 0.1) is 0 Å². The highest BCUT2D eigenvalue weighted by molar-refractivity contribution is 5.29. The Labute approximate surface area is 106 Å². The Morgan fingerprint density at radius 2 is 2.00 bits per heavy atom. The topological polar surface area (TPSA) is 47.3 Å². The fourth-order valence-electron chi connectivity index (χ4n) is 1.69. The molecular formula is C13H18F2N2O. The molecule has 0 spiro atoms. The van der Waals surface area contributed by atoms with Gasteiger partial charge in [0.2, 0.25) is 0 Å². The van der Waals surface area contributed by atoms with Gasteiger partial charge in [0, 0.05) is 6.04 Å². The fourth-order valence-corrected chi connectivity index (χ4v) is 1.69. The molecule has 100 valence electrons. The van der Waals surface area contributed by atoms with Gasteiger partial charge in [-0.1, -0.05) is 18.2 Å². The molecule has 0 fully saturated rings.